The number of halogens is 1. The smallest absolute Gasteiger partial charge is 0.259 e. The molecular weight excluding hydrogens is 430 g/mol. The Bertz CT molecular complexity index is 1320. The number of amides is 2. The first-order valence-corrected chi connectivity index (χ1v) is 10.6. The molecule has 2 amide bonds. The average molecular weight is 450 g/mol. The quantitative estimate of drug-likeness (QED) is 0.477. The summed E-state index contributed by atoms with van der Waals surface area (Å²) in [5.41, 5.74) is 2.81. The second kappa shape index (κ2) is 8.12. The Morgan fingerprint density at radius 1 is 0.969 bits per heavy atom. The van der Waals surface area contributed by atoms with Crippen molar-refractivity contribution in [1.29, 1.82) is 0 Å². The van der Waals surface area contributed by atoms with E-state index in [2.05, 4.69) is 10.3 Å². The Morgan fingerprint density at radius 2 is 1.66 bits per heavy atom. The number of rotatable bonds is 3. The third-order valence-electron chi connectivity index (χ3n) is 5.72. The fraction of sp³-hybridized carbons (Fsp3) is 0.217. The molecule has 4 heterocycles. The molecule has 0 spiro atoms. The van der Waals surface area contributed by atoms with Gasteiger partial charge in [0, 0.05) is 37.9 Å². The summed E-state index contributed by atoms with van der Waals surface area (Å²) in [6.07, 6.45) is 3.39. The van der Waals surface area contributed by atoms with Gasteiger partial charge in [0.15, 0.2) is 0 Å². The number of pyridine rings is 1. The highest BCUT2D eigenvalue weighted by atomic mass is 35.5. The molecule has 1 aliphatic heterocycles. The topological polar surface area (TPSA) is 84.0 Å². The van der Waals surface area contributed by atoms with Crippen molar-refractivity contribution in [2.24, 2.45) is 0 Å². The lowest BCUT2D eigenvalue weighted by molar-refractivity contribution is 0.0535. The molecular formula is C23H20ClN5O3. The van der Waals surface area contributed by atoms with Gasteiger partial charge in [-0.05, 0) is 25.1 Å². The Morgan fingerprint density at radius 3 is 2.41 bits per heavy atom. The van der Waals surface area contributed by atoms with Crippen LogP contribution in [0.1, 0.15) is 26.5 Å². The number of aromatic nitrogens is 3. The van der Waals surface area contributed by atoms with Gasteiger partial charge in [0.25, 0.3) is 11.8 Å². The number of fused-ring (bicyclic) bond motifs is 1. The lowest BCUT2D eigenvalue weighted by Crippen LogP contribution is -2.50. The van der Waals surface area contributed by atoms with Crippen molar-refractivity contribution in [1.82, 2.24) is 24.6 Å². The number of aryl methyl sites for hydroxylation is 1. The molecule has 0 radical (unpaired) electrons. The summed E-state index contributed by atoms with van der Waals surface area (Å²) >= 11 is 6.32. The van der Waals surface area contributed by atoms with E-state index in [0.29, 0.717) is 59.3 Å². The van der Waals surface area contributed by atoms with Crippen LogP contribution in [0.25, 0.3) is 16.8 Å². The van der Waals surface area contributed by atoms with Crippen LogP contribution in [0.3, 0.4) is 0 Å². The van der Waals surface area contributed by atoms with E-state index in [-0.39, 0.29) is 11.8 Å². The number of benzene rings is 1. The number of hydrogen-bond acceptors (Lipinski definition) is 5. The minimum Gasteiger partial charge on any atom is -0.360 e. The van der Waals surface area contributed by atoms with E-state index in [0.717, 1.165) is 5.52 Å². The Balaban J connectivity index is 1.33. The summed E-state index contributed by atoms with van der Waals surface area (Å²) < 4.78 is 7.01. The van der Waals surface area contributed by atoms with Crippen LogP contribution in [-0.2, 0) is 0 Å². The number of carbonyl (C=O) groups excluding carboxylic acids is 2. The molecule has 8 nitrogen and oxygen atoms in total. The van der Waals surface area contributed by atoms with Crippen LogP contribution in [-0.4, -0.2) is 62.6 Å². The predicted octanol–water partition coefficient (Wildman–Crippen LogP) is 3.55. The highest BCUT2D eigenvalue weighted by Gasteiger charge is 2.31. The van der Waals surface area contributed by atoms with Gasteiger partial charge in [-0.15, -0.1) is 0 Å². The van der Waals surface area contributed by atoms with Crippen LogP contribution in [0.2, 0.25) is 5.02 Å². The fourth-order valence-corrected chi connectivity index (χ4v) is 4.23. The fourth-order valence-electron chi connectivity index (χ4n) is 4.00. The molecule has 1 aliphatic rings. The van der Waals surface area contributed by atoms with Crippen molar-refractivity contribution in [3.8, 4) is 11.3 Å². The molecule has 5 rings (SSSR count). The maximum absolute atomic E-state index is 13.3. The van der Waals surface area contributed by atoms with Gasteiger partial charge in [-0.1, -0.05) is 41.0 Å². The predicted molar refractivity (Wildman–Crippen MR) is 119 cm³/mol. The highest BCUT2D eigenvalue weighted by Crippen LogP contribution is 2.32. The molecule has 1 saturated heterocycles. The number of hydrogen-bond donors (Lipinski definition) is 0. The standard InChI is InChI=1S/C23H20ClN5O3/c1-15-20(21(26-32-15)16-6-2-3-7-18(16)24)23(31)28-12-10-27(11-13-28)22(30)17-14-25-29-9-5-4-8-19(17)29/h2-9,14H,10-13H2,1H3. The van der Waals surface area contributed by atoms with Gasteiger partial charge in [0.1, 0.15) is 17.0 Å². The number of carbonyl (C=O) groups is 2. The van der Waals surface area contributed by atoms with Gasteiger partial charge in [-0.3, -0.25) is 9.59 Å². The zero-order valence-electron chi connectivity index (χ0n) is 17.4. The molecule has 32 heavy (non-hydrogen) atoms. The first kappa shape index (κ1) is 20.3. The van der Waals surface area contributed by atoms with Gasteiger partial charge in [-0.25, -0.2) is 4.52 Å². The van der Waals surface area contributed by atoms with Crippen molar-refractivity contribution in [2.75, 3.05) is 26.2 Å². The van der Waals surface area contributed by atoms with E-state index < -0.39 is 0 Å². The molecule has 0 bridgehead atoms. The maximum Gasteiger partial charge on any atom is 0.259 e. The van der Waals surface area contributed by atoms with Crippen LogP contribution < -0.4 is 0 Å². The summed E-state index contributed by atoms with van der Waals surface area (Å²) in [6, 6.07) is 12.8. The Labute approximate surface area is 189 Å². The summed E-state index contributed by atoms with van der Waals surface area (Å²) in [7, 11) is 0. The molecule has 1 aromatic carbocycles. The van der Waals surface area contributed by atoms with Gasteiger partial charge < -0.3 is 14.3 Å². The van der Waals surface area contributed by atoms with E-state index >= 15 is 0 Å². The monoisotopic (exact) mass is 449 g/mol. The van der Waals surface area contributed by atoms with Gasteiger partial charge >= 0.3 is 0 Å². The normalized spacial score (nSPS) is 14.2. The van der Waals surface area contributed by atoms with Crippen LogP contribution in [0, 0.1) is 6.92 Å². The van der Waals surface area contributed by atoms with Crippen LogP contribution in [0.5, 0.6) is 0 Å². The molecule has 1 fully saturated rings. The molecule has 0 atom stereocenters. The summed E-state index contributed by atoms with van der Waals surface area (Å²) in [5, 5.41) is 8.83. The van der Waals surface area contributed by atoms with E-state index in [4.69, 9.17) is 16.1 Å². The van der Waals surface area contributed by atoms with Crippen LogP contribution >= 0.6 is 11.6 Å². The average Bonchev–Trinajstić information content (AvgIpc) is 3.42. The van der Waals surface area contributed by atoms with E-state index in [9.17, 15) is 9.59 Å². The Kier molecular flexibility index (Phi) is 5.14. The van der Waals surface area contributed by atoms with Crippen molar-refractivity contribution in [3.05, 3.63) is 76.8 Å². The zero-order valence-corrected chi connectivity index (χ0v) is 18.1. The van der Waals surface area contributed by atoms with Gasteiger partial charge in [-0.2, -0.15) is 5.10 Å². The molecule has 4 aromatic rings. The van der Waals surface area contributed by atoms with Crippen LogP contribution in [0.4, 0.5) is 0 Å². The lowest BCUT2D eigenvalue weighted by Gasteiger charge is -2.34. The molecule has 0 N–H and O–H groups in total. The second-order valence-electron chi connectivity index (χ2n) is 7.62. The summed E-state index contributed by atoms with van der Waals surface area (Å²) in [6.45, 7) is 3.40. The minimum absolute atomic E-state index is 0.0868. The molecule has 0 saturated carbocycles. The van der Waals surface area contributed by atoms with E-state index in [1.54, 1.807) is 39.7 Å². The molecule has 3 aromatic heterocycles. The molecule has 0 aliphatic carbocycles. The van der Waals surface area contributed by atoms with E-state index in [1.165, 1.54) is 0 Å². The summed E-state index contributed by atoms with van der Waals surface area (Å²) in [4.78, 5) is 29.8. The molecule has 162 valence electrons. The van der Waals surface area contributed by atoms with Crippen LogP contribution in [0.15, 0.2) is 59.4 Å². The maximum atomic E-state index is 13.3. The van der Waals surface area contributed by atoms with Crippen molar-refractivity contribution in [2.45, 2.75) is 6.92 Å². The van der Waals surface area contributed by atoms with Gasteiger partial charge in [0.05, 0.1) is 22.3 Å². The zero-order chi connectivity index (χ0) is 22.2. The molecule has 0 unspecified atom stereocenters. The third kappa shape index (κ3) is 3.42. The first-order chi connectivity index (χ1) is 15.5. The third-order valence-corrected chi connectivity index (χ3v) is 6.05. The minimum atomic E-state index is -0.179. The Hall–Kier alpha value is -3.65. The lowest BCUT2D eigenvalue weighted by atomic mass is 10.0. The van der Waals surface area contributed by atoms with Crippen molar-refractivity contribution >= 4 is 28.9 Å². The number of piperazine rings is 1. The largest absolute Gasteiger partial charge is 0.360 e. The number of nitrogens with zero attached hydrogens (tertiary/aromatic N) is 5. The molecule has 9 heteroatoms. The summed E-state index contributed by atoms with van der Waals surface area (Å²) in [5.74, 6) is 0.174. The first-order valence-electron chi connectivity index (χ1n) is 10.3. The van der Waals surface area contributed by atoms with Crippen molar-refractivity contribution in [3.63, 3.8) is 0 Å². The van der Waals surface area contributed by atoms with Gasteiger partial charge in [0.2, 0.25) is 0 Å². The highest BCUT2D eigenvalue weighted by molar-refractivity contribution is 6.33. The van der Waals surface area contributed by atoms with E-state index in [1.807, 2.05) is 36.4 Å². The van der Waals surface area contributed by atoms with Crippen molar-refractivity contribution < 1.29 is 14.1 Å². The second-order valence-corrected chi connectivity index (χ2v) is 8.02. The SMILES string of the molecule is Cc1onc(-c2ccccc2Cl)c1C(=O)N1CCN(C(=O)c2cnn3ccccc23)CC1.